The maximum atomic E-state index is 12.4. The minimum absolute atomic E-state index is 0.0577. The van der Waals surface area contributed by atoms with Gasteiger partial charge in [0.25, 0.3) is 5.91 Å². The van der Waals surface area contributed by atoms with Gasteiger partial charge in [-0.25, -0.2) is 9.97 Å². The van der Waals surface area contributed by atoms with E-state index in [0.29, 0.717) is 23.6 Å². The highest BCUT2D eigenvalue weighted by Gasteiger charge is 2.13. The largest absolute Gasteiger partial charge is 0.382 e. The quantitative estimate of drug-likeness (QED) is 0.626. The molecule has 27 heavy (non-hydrogen) atoms. The molecule has 0 aliphatic heterocycles. The predicted molar refractivity (Wildman–Crippen MR) is 104 cm³/mol. The van der Waals surface area contributed by atoms with Crippen molar-refractivity contribution in [2.24, 2.45) is 0 Å². The zero-order valence-electron chi connectivity index (χ0n) is 14.1. The third-order valence-electron chi connectivity index (χ3n) is 3.69. The average Bonchev–Trinajstić information content (AvgIpc) is 2.67. The molecule has 3 aromatic rings. The van der Waals surface area contributed by atoms with Crippen LogP contribution >= 0.6 is 11.6 Å². The summed E-state index contributed by atoms with van der Waals surface area (Å²) in [5, 5.41) is 14.9. The summed E-state index contributed by atoms with van der Waals surface area (Å²) in [5.74, 6) is -0.0328. The summed E-state index contributed by atoms with van der Waals surface area (Å²) in [5.41, 5.74) is 8.43. The number of nitriles is 1. The molecule has 0 spiro atoms. The number of hydrogen-bond acceptors (Lipinski definition) is 6. The van der Waals surface area contributed by atoms with Crippen molar-refractivity contribution in [3.05, 3.63) is 76.7 Å². The van der Waals surface area contributed by atoms with Gasteiger partial charge in [-0.3, -0.25) is 4.79 Å². The Hall–Kier alpha value is -3.63. The second kappa shape index (κ2) is 8.17. The number of carbonyl (C=O) groups is 1. The number of nitrogens with two attached hydrogens (primary N) is 1. The highest BCUT2D eigenvalue weighted by Crippen LogP contribution is 2.19. The number of nitrogens with one attached hydrogen (secondary N) is 2. The molecular weight excluding hydrogens is 364 g/mol. The number of nitrogen functional groups attached to an aromatic ring is 1. The van der Waals surface area contributed by atoms with Crippen LogP contribution in [-0.2, 0) is 6.54 Å². The van der Waals surface area contributed by atoms with Crippen LogP contribution in [0.3, 0.4) is 0 Å². The highest BCUT2D eigenvalue weighted by molar-refractivity contribution is 6.34. The molecule has 0 saturated heterocycles. The van der Waals surface area contributed by atoms with Gasteiger partial charge < -0.3 is 16.4 Å². The molecule has 8 heteroatoms. The lowest BCUT2D eigenvalue weighted by Crippen LogP contribution is -2.14. The van der Waals surface area contributed by atoms with Crippen molar-refractivity contribution >= 4 is 34.7 Å². The number of rotatable bonds is 5. The monoisotopic (exact) mass is 378 g/mol. The lowest BCUT2D eigenvalue weighted by molar-refractivity contribution is 0.102. The lowest BCUT2D eigenvalue weighted by atomic mass is 10.2. The minimum atomic E-state index is -0.453. The van der Waals surface area contributed by atoms with Crippen LogP contribution in [0.1, 0.15) is 21.6 Å². The molecule has 1 amide bonds. The Bertz CT molecular complexity index is 1030. The van der Waals surface area contributed by atoms with Gasteiger partial charge in [-0.1, -0.05) is 23.7 Å². The summed E-state index contributed by atoms with van der Waals surface area (Å²) in [6, 6.07) is 14.3. The maximum absolute atomic E-state index is 12.4. The number of amides is 1. The van der Waals surface area contributed by atoms with Gasteiger partial charge in [-0.2, -0.15) is 5.26 Å². The molecule has 3 rings (SSSR count). The van der Waals surface area contributed by atoms with E-state index >= 15 is 0 Å². The number of aromatic nitrogens is 2. The van der Waals surface area contributed by atoms with Gasteiger partial charge in [0.2, 0.25) is 0 Å². The highest BCUT2D eigenvalue weighted by atomic mass is 35.5. The summed E-state index contributed by atoms with van der Waals surface area (Å²) in [7, 11) is 0. The van der Waals surface area contributed by atoms with Crippen molar-refractivity contribution < 1.29 is 4.79 Å². The van der Waals surface area contributed by atoms with Gasteiger partial charge in [0.1, 0.15) is 17.6 Å². The molecule has 0 saturated carbocycles. The van der Waals surface area contributed by atoms with Gasteiger partial charge in [-0.05, 0) is 35.9 Å². The van der Waals surface area contributed by atoms with Crippen LogP contribution in [-0.4, -0.2) is 15.9 Å². The molecule has 0 aliphatic carbocycles. The Morgan fingerprint density at radius 3 is 2.81 bits per heavy atom. The van der Waals surface area contributed by atoms with Gasteiger partial charge in [0, 0.05) is 24.6 Å². The van der Waals surface area contributed by atoms with E-state index in [1.165, 1.54) is 12.3 Å². The molecule has 0 bridgehead atoms. The van der Waals surface area contributed by atoms with Crippen molar-refractivity contribution in [2.75, 3.05) is 16.4 Å². The zero-order chi connectivity index (χ0) is 19.2. The first kappa shape index (κ1) is 18.2. The molecule has 2 aromatic heterocycles. The molecule has 1 aromatic carbocycles. The van der Waals surface area contributed by atoms with Crippen molar-refractivity contribution in [3.63, 3.8) is 0 Å². The number of hydrogen-bond donors (Lipinski definition) is 3. The van der Waals surface area contributed by atoms with Crippen LogP contribution in [0.5, 0.6) is 0 Å². The van der Waals surface area contributed by atoms with Crippen LogP contribution in [0.15, 0.2) is 54.9 Å². The van der Waals surface area contributed by atoms with Crippen LogP contribution in [0.2, 0.25) is 5.02 Å². The van der Waals surface area contributed by atoms with E-state index in [1.807, 2.05) is 30.3 Å². The molecular formula is C19H15ClN6O. The van der Waals surface area contributed by atoms with Crippen LogP contribution < -0.4 is 16.4 Å². The molecule has 0 atom stereocenters. The van der Waals surface area contributed by atoms with E-state index in [2.05, 4.69) is 20.6 Å². The first-order chi connectivity index (χ1) is 13.1. The minimum Gasteiger partial charge on any atom is -0.382 e. The first-order valence-corrected chi connectivity index (χ1v) is 8.35. The summed E-state index contributed by atoms with van der Waals surface area (Å²) in [4.78, 5) is 20.4. The van der Waals surface area contributed by atoms with E-state index in [1.54, 1.807) is 18.3 Å². The summed E-state index contributed by atoms with van der Waals surface area (Å²) < 4.78 is 0. The standard InChI is InChI=1S/C19H15ClN6O/c20-15-8-13(9-21)11-25-17(15)19(27)26-14-4-1-3-12(7-14)10-24-16-5-2-6-23-18(16)22/h1-8,11,24H,10H2,(H2,22,23)(H,26,27). The second-order valence-corrected chi connectivity index (χ2v) is 6.02. The molecule has 0 fully saturated rings. The molecule has 0 radical (unpaired) electrons. The van der Waals surface area contributed by atoms with E-state index in [0.717, 1.165) is 11.3 Å². The Morgan fingerprint density at radius 2 is 2.07 bits per heavy atom. The first-order valence-electron chi connectivity index (χ1n) is 7.97. The Morgan fingerprint density at radius 1 is 1.22 bits per heavy atom. The fraction of sp³-hybridized carbons (Fsp3) is 0.0526. The average molecular weight is 379 g/mol. The number of anilines is 3. The van der Waals surface area contributed by atoms with Gasteiger partial charge in [-0.15, -0.1) is 0 Å². The summed E-state index contributed by atoms with van der Waals surface area (Å²) >= 11 is 6.03. The van der Waals surface area contributed by atoms with Gasteiger partial charge in [0.15, 0.2) is 0 Å². The topological polar surface area (TPSA) is 117 Å². The Labute approximate surface area is 160 Å². The van der Waals surface area contributed by atoms with Crippen LogP contribution in [0.25, 0.3) is 0 Å². The van der Waals surface area contributed by atoms with Crippen molar-refractivity contribution in [1.82, 2.24) is 9.97 Å². The molecule has 134 valence electrons. The summed E-state index contributed by atoms with van der Waals surface area (Å²) in [6.07, 6.45) is 2.93. The van der Waals surface area contributed by atoms with E-state index < -0.39 is 5.91 Å². The Balaban J connectivity index is 1.69. The smallest absolute Gasteiger partial charge is 0.275 e. The van der Waals surface area contributed by atoms with E-state index in [4.69, 9.17) is 22.6 Å². The number of halogens is 1. The number of carbonyl (C=O) groups excluding carboxylic acids is 1. The van der Waals surface area contributed by atoms with E-state index in [-0.39, 0.29) is 10.7 Å². The Kier molecular flexibility index (Phi) is 5.50. The SMILES string of the molecule is N#Cc1cnc(C(=O)Nc2cccc(CNc3cccnc3N)c2)c(Cl)c1. The molecule has 2 heterocycles. The number of pyridine rings is 2. The van der Waals surface area contributed by atoms with Crippen molar-refractivity contribution in [1.29, 1.82) is 5.26 Å². The normalized spacial score (nSPS) is 10.1. The number of nitrogens with zero attached hydrogens (tertiary/aromatic N) is 3. The second-order valence-electron chi connectivity index (χ2n) is 5.61. The van der Waals surface area contributed by atoms with Crippen LogP contribution in [0.4, 0.5) is 17.2 Å². The molecule has 4 N–H and O–H groups in total. The summed E-state index contributed by atoms with van der Waals surface area (Å²) in [6.45, 7) is 0.509. The fourth-order valence-corrected chi connectivity index (χ4v) is 2.63. The molecule has 7 nitrogen and oxygen atoms in total. The van der Waals surface area contributed by atoms with Gasteiger partial charge in [0.05, 0.1) is 16.3 Å². The van der Waals surface area contributed by atoms with E-state index in [9.17, 15) is 4.79 Å². The lowest BCUT2D eigenvalue weighted by Gasteiger charge is -2.10. The molecule has 0 aliphatic rings. The zero-order valence-corrected chi connectivity index (χ0v) is 14.9. The fourth-order valence-electron chi connectivity index (χ4n) is 2.38. The van der Waals surface area contributed by atoms with Crippen LogP contribution in [0, 0.1) is 11.3 Å². The van der Waals surface area contributed by atoms with Gasteiger partial charge >= 0.3 is 0 Å². The number of benzene rings is 1. The maximum Gasteiger partial charge on any atom is 0.275 e. The predicted octanol–water partition coefficient (Wildman–Crippen LogP) is 3.45. The van der Waals surface area contributed by atoms with Crippen molar-refractivity contribution in [3.8, 4) is 6.07 Å². The third-order valence-corrected chi connectivity index (χ3v) is 3.98. The van der Waals surface area contributed by atoms with Crippen molar-refractivity contribution in [2.45, 2.75) is 6.54 Å². The molecule has 0 unspecified atom stereocenters. The third kappa shape index (κ3) is 4.51.